The minimum atomic E-state index is -0.227. The third kappa shape index (κ3) is 5.53. The number of hydrogen-bond acceptors (Lipinski definition) is 4. The summed E-state index contributed by atoms with van der Waals surface area (Å²) in [4.78, 5) is 2.27. The average molecular weight is 246 g/mol. The third-order valence-corrected chi connectivity index (χ3v) is 4.28. The molecular formula is C12H26N2OS. The largest absolute Gasteiger partial charge is 0.390 e. The smallest absolute Gasteiger partial charge is 0.0791 e. The fourth-order valence-corrected chi connectivity index (χ4v) is 3.16. The first kappa shape index (κ1) is 14.3. The summed E-state index contributed by atoms with van der Waals surface area (Å²) < 4.78 is 0. The van der Waals surface area contributed by atoms with E-state index in [1.54, 1.807) is 0 Å². The molecule has 1 aliphatic heterocycles. The normalized spacial score (nSPS) is 20.2. The summed E-state index contributed by atoms with van der Waals surface area (Å²) in [5.41, 5.74) is 0. The van der Waals surface area contributed by atoms with Gasteiger partial charge < -0.3 is 15.3 Å². The first-order valence-electron chi connectivity index (χ1n) is 6.47. The number of nitrogens with zero attached hydrogens (tertiary/aromatic N) is 1. The number of likely N-dealkylation sites (N-methyl/N-ethyl adjacent to an activating group) is 1. The quantitative estimate of drug-likeness (QED) is 0.707. The molecule has 0 bridgehead atoms. The maximum Gasteiger partial charge on any atom is 0.0791 e. The molecule has 3 nitrogen and oxygen atoms in total. The number of hydrogen-bond donors (Lipinski definition) is 2. The monoisotopic (exact) mass is 246 g/mol. The van der Waals surface area contributed by atoms with Crippen LogP contribution in [0.5, 0.6) is 0 Å². The van der Waals surface area contributed by atoms with Crippen LogP contribution in [0.3, 0.4) is 0 Å². The van der Waals surface area contributed by atoms with E-state index >= 15 is 0 Å². The Morgan fingerprint density at radius 2 is 1.94 bits per heavy atom. The molecule has 1 aliphatic rings. The van der Waals surface area contributed by atoms with Crippen molar-refractivity contribution >= 4 is 11.8 Å². The summed E-state index contributed by atoms with van der Waals surface area (Å²) in [5, 5.41) is 13.4. The van der Waals surface area contributed by atoms with Crippen molar-refractivity contribution in [3.63, 3.8) is 0 Å². The summed E-state index contributed by atoms with van der Waals surface area (Å²) in [5.74, 6) is 2.54. The van der Waals surface area contributed by atoms with Crippen LogP contribution in [0.15, 0.2) is 0 Å². The number of aliphatic hydroxyl groups excluding tert-OH is 1. The highest BCUT2D eigenvalue weighted by molar-refractivity contribution is 7.99. The highest BCUT2D eigenvalue weighted by atomic mass is 32.2. The van der Waals surface area contributed by atoms with Crippen molar-refractivity contribution in [2.75, 3.05) is 37.7 Å². The van der Waals surface area contributed by atoms with Crippen molar-refractivity contribution in [3.05, 3.63) is 0 Å². The van der Waals surface area contributed by atoms with Crippen LogP contribution in [-0.4, -0.2) is 59.8 Å². The van der Waals surface area contributed by atoms with Gasteiger partial charge in [-0.3, -0.25) is 0 Å². The van der Waals surface area contributed by atoms with Crippen LogP contribution in [0.2, 0.25) is 0 Å². The van der Waals surface area contributed by atoms with Gasteiger partial charge >= 0.3 is 0 Å². The molecule has 96 valence electrons. The third-order valence-electron chi connectivity index (χ3n) is 3.23. The zero-order chi connectivity index (χ0) is 11.8. The van der Waals surface area contributed by atoms with Crippen LogP contribution in [-0.2, 0) is 0 Å². The Labute approximate surface area is 104 Å². The molecule has 1 atom stereocenters. The first-order chi connectivity index (χ1) is 7.76. The van der Waals surface area contributed by atoms with Crippen LogP contribution in [0.4, 0.5) is 0 Å². The van der Waals surface area contributed by atoms with Crippen molar-refractivity contribution < 1.29 is 5.11 Å². The van der Waals surface area contributed by atoms with Gasteiger partial charge in [0.25, 0.3) is 0 Å². The zero-order valence-electron chi connectivity index (χ0n) is 10.6. The summed E-state index contributed by atoms with van der Waals surface area (Å²) >= 11 is 2.04. The minimum absolute atomic E-state index is 0.227. The van der Waals surface area contributed by atoms with Gasteiger partial charge in [0.1, 0.15) is 0 Å². The van der Waals surface area contributed by atoms with Crippen LogP contribution in [0, 0.1) is 0 Å². The highest BCUT2D eigenvalue weighted by Gasteiger charge is 2.15. The van der Waals surface area contributed by atoms with E-state index in [1.807, 2.05) is 11.8 Å². The summed E-state index contributed by atoms with van der Waals surface area (Å²) in [6.45, 7) is 7.86. The lowest BCUT2D eigenvalue weighted by atomic mass is 10.1. The highest BCUT2D eigenvalue weighted by Crippen LogP contribution is 2.16. The Bertz CT molecular complexity index is 170. The first-order valence-corrected chi connectivity index (χ1v) is 7.63. The van der Waals surface area contributed by atoms with Crippen LogP contribution in [0.25, 0.3) is 0 Å². The van der Waals surface area contributed by atoms with Gasteiger partial charge in [-0.15, -0.1) is 0 Å². The van der Waals surface area contributed by atoms with Gasteiger partial charge in [-0.05, 0) is 37.4 Å². The predicted octanol–water partition coefficient (Wildman–Crippen LogP) is 1.17. The van der Waals surface area contributed by atoms with Crippen molar-refractivity contribution in [2.45, 2.75) is 38.8 Å². The topological polar surface area (TPSA) is 35.5 Å². The molecule has 4 heteroatoms. The summed E-state index contributed by atoms with van der Waals surface area (Å²) in [7, 11) is 0. The Morgan fingerprint density at radius 3 is 2.50 bits per heavy atom. The number of thioether (sulfide) groups is 1. The number of aliphatic hydroxyl groups is 1. The van der Waals surface area contributed by atoms with Crippen LogP contribution < -0.4 is 5.32 Å². The Hall–Kier alpha value is 0.230. The van der Waals surface area contributed by atoms with E-state index in [4.69, 9.17) is 0 Å². The summed E-state index contributed by atoms with van der Waals surface area (Å²) in [6, 6.07) is 0.632. The van der Waals surface area contributed by atoms with E-state index in [0.717, 1.165) is 26.2 Å². The molecule has 0 aromatic heterocycles. The second-order valence-electron chi connectivity index (χ2n) is 4.43. The van der Waals surface area contributed by atoms with Crippen LogP contribution in [0.1, 0.15) is 26.7 Å². The van der Waals surface area contributed by atoms with Crippen molar-refractivity contribution in [1.29, 1.82) is 0 Å². The molecule has 1 unspecified atom stereocenters. The molecule has 1 fully saturated rings. The molecule has 0 aromatic rings. The molecule has 1 heterocycles. The molecular weight excluding hydrogens is 220 g/mol. The molecule has 16 heavy (non-hydrogen) atoms. The predicted molar refractivity (Wildman–Crippen MR) is 72.1 cm³/mol. The van der Waals surface area contributed by atoms with E-state index in [9.17, 15) is 5.11 Å². The van der Waals surface area contributed by atoms with E-state index in [1.165, 1.54) is 24.3 Å². The Balaban J connectivity index is 2.10. The maximum absolute atomic E-state index is 9.90. The molecule has 0 aromatic carbocycles. The lowest BCUT2D eigenvalue weighted by Gasteiger charge is -2.26. The van der Waals surface area contributed by atoms with Crippen molar-refractivity contribution in [1.82, 2.24) is 10.2 Å². The van der Waals surface area contributed by atoms with Gasteiger partial charge in [0.05, 0.1) is 6.10 Å². The van der Waals surface area contributed by atoms with Gasteiger partial charge in [0, 0.05) is 19.1 Å². The van der Waals surface area contributed by atoms with Gasteiger partial charge in [-0.25, -0.2) is 0 Å². The van der Waals surface area contributed by atoms with E-state index in [2.05, 4.69) is 24.1 Å². The Morgan fingerprint density at radius 1 is 1.31 bits per heavy atom. The van der Waals surface area contributed by atoms with Gasteiger partial charge in [0.15, 0.2) is 0 Å². The lowest BCUT2D eigenvalue weighted by molar-refractivity contribution is 0.113. The van der Waals surface area contributed by atoms with Crippen LogP contribution >= 0.6 is 11.8 Å². The average Bonchev–Trinajstić information content (AvgIpc) is 2.34. The molecule has 0 aliphatic carbocycles. The number of rotatable bonds is 7. The van der Waals surface area contributed by atoms with Crippen molar-refractivity contribution in [2.24, 2.45) is 0 Å². The fraction of sp³-hybridized carbons (Fsp3) is 1.00. The molecule has 0 spiro atoms. The van der Waals surface area contributed by atoms with E-state index < -0.39 is 0 Å². The number of nitrogens with one attached hydrogen (secondary N) is 1. The zero-order valence-corrected chi connectivity index (χ0v) is 11.4. The maximum atomic E-state index is 9.90. The summed E-state index contributed by atoms with van der Waals surface area (Å²) in [6.07, 6.45) is 2.28. The van der Waals surface area contributed by atoms with Crippen molar-refractivity contribution in [3.8, 4) is 0 Å². The molecule has 1 saturated heterocycles. The second-order valence-corrected chi connectivity index (χ2v) is 5.66. The second kappa shape index (κ2) is 8.34. The van der Waals surface area contributed by atoms with Gasteiger partial charge in [0.2, 0.25) is 0 Å². The van der Waals surface area contributed by atoms with Gasteiger partial charge in [-0.1, -0.05) is 13.8 Å². The minimum Gasteiger partial charge on any atom is -0.390 e. The van der Waals surface area contributed by atoms with Gasteiger partial charge in [-0.2, -0.15) is 11.8 Å². The standard InChI is InChI=1S/C12H26N2OS/c1-3-14(4-2)10-12(15)9-13-11-5-7-16-8-6-11/h11-13,15H,3-10H2,1-2H3. The molecule has 1 rings (SSSR count). The van der Waals surface area contributed by atoms with E-state index in [-0.39, 0.29) is 6.10 Å². The molecule has 0 saturated carbocycles. The molecule has 2 N–H and O–H groups in total. The van der Waals surface area contributed by atoms with E-state index in [0.29, 0.717) is 6.04 Å². The Kier molecular flexibility index (Phi) is 7.45. The fourth-order valence-electron chi connectivity index (χ4n) is 2.05. The molecule has 0 amide bonds. The SMILES string of the molecule is CCN(CC)CC(O)CNC1CCSCC1. The molecule has 0 radical (unpaired) electrons. The lowest BCUT2D eigenvalue weighted by Crippen LogP contribution is -2.42.